The predicted octanol–water partition coefficient (Wildman–Crippen LogP) is 3.76. The first kappa shape index (κ1) is 10.4. The number of hydrogen-bond acceptors (Lipinski definition) is 2. The van der Waals surface area contributed by atoms with Crippen molar-refractivity contribution in [1.29, 1.82) is 0 Å². The minimum absolute atomic E-state index is 0.440. The highest BCUT2D eigenvalue weighted by Crippen LogP contribution is 2.38. The Bertz CT molecular complexity index is 605. The Labute approximate surface area is 104 Å². The fraction of sp³-hybridized carbons (Fsp3) is 0.0714. The minimum atomic E-state index is -0.440. The molecule has 0 aliphatic carbocycles. The fourth-order valence-electron chi connectivity index (χ4n) is 2.09. The molecule has 84 valence electrons. The summed E-state index contributed by atoms with van der Waals surface area (Å²) in [6.45, 7) is 0. The molecule has 0 bridgehead atoms. The number of benzene rings is 2. The minimum Gasteiger partial charge on any atom is -0.457 e. The summed E-state index contributed by atoms with van der Waals surface area (Å²) in [5.41, 5.74) is 2.47. The van der Waals surface area contributed by atoms with Gasteiger partial charge in [0, 0.05) is 17.5 Å². The van der Waals surface area contributed by atoms with Crippen LogP contribution in [-0.2, 0) is 6.42 Å². The Morgan fingerprint density at radius 3 is 2.65 bits per heavy atom. The van der Waals surface area contributed by atoms with E-state index in [0.29, 0.717) is 12.0 Å². The number of halogens is 1. The third-order valence-electron chi connectivity index (χ3n) is 2.90. The molecule has 3 rings (SSSR count). The molecular formula is C14H9ClO2. The molecule has 1 aliphatic heterocycles. The van der Waals surface area contributed by atoms with Gasteiger partial charge in [-0.3, -0.25) is 4.79 Å². The summed E-state index contributed by atoms with van der Waals surface area (Å²) in [4.78, 5) is 11.3. The Morgan fingerprint density at radius 1 is 1.06 bits per heavy atom. The third kappa shape index (κ3) is 1.71. The molecule has 0 saturated heterocycles. The van der Waals surface area contributed by atoms with Gasteiger partial charge in [0.1, 0.15) is 11.5 Å². The normalized spacial score (nSPS) is 12.3. The van der Waals surface area contributed by atoms with Crippen LogP contribution in [0, 0.1) is 0 Å². The number of fused-ring (bicyclic) bond motifs is 2. The largest absolute Gasteiger partial charge is 0.457 e. The van der Waals surface area contributed by atoms with Crippen molar-refractivity contribution in [3.8, 4) is 11.5 Å². The number of ether oxygens (including phenoxy) is 1. The molecule has 17 heavy (non-hydrogen) atoms. The third-order valence-corrected chi connectivity index (χ3v) is 3.11. The molecule has 1 aliphatic rings. The molecule has 0 N–H and O–H groups in total. The number of carbonyl (C=O) groups excluding carboxylic acids is 1. The van der Waals surface area contributed by atoms with E-state index < -0.39 is 5.24 Å². The lowest BCUT2D eigenvalue weighted by Gasteiger charge is -2.21. The van der Waals surface area contributed by atoms with E-state index in [1.807, 2.05) is 30.3 Å². The van der Waals surface area contributed by atoms with Crippen molar-refractivity contribution in [1.82, 2.24) is 0 Å². The molecule has 0 atom stereocenters. The van der Waals surface area contributed by atoms with Crippen LogP contribution in [0.15, 0.2) is 42.5 Å². The number of carbonyl (C=O) groups is 1. The van der Waals surface area contributed by atoms with Crippen molar-refractivity contribution >= 4 is 16.8 Å². The van der Waals surface area contributed by atoms with E-state index in [2.05, 4.69) is 0 Å². The standard InChI is InChI=1S/C14H9ClO2/c15-14(16)10-5-3-7-13-11(10)8-9-4-1-2-6-12(9)17-13/h1-7H,8H2. The molecule has 3 heteroatoms. The maximum atomic E-state index is 11.3. The molecule has 0 spiro atoms. The fourth-order valence-corrected chi connectivity index (χ4v) is 2.26. The molecule has 0 aromatic heterocycles. The van der Waals surface area contributed by atoms with Crippen LogP contribution in [-0.4, -0.2) is 5.24 Å². The van der Waals surface area contributed by atoms with Crippen LogP contribution >= 0.6 is 11.6 Å². The van der Waals surface area contributed by atoms with Crippen LogP contribution in [0.1, 0.15) is 21.5 Å². The van der Waals surface area contributed by atoms with E-state index in [-0.39, 0.29) is 0 Å². The van der Waals surface area contributed by atoms with Gasteiger partial charge in [0.15, 0.2) is 0 Å². The van der Waals surface area contributed by atoms with Crippen LogP contribution in [0.5, 0.6) is 11.5 Å². The van der Waals surface area contributed by atoms with E-state index in [4.69, 9.17) is 16.3 Å². The monoisotopic (exact) mass is 244 g/mol. The highest BCUT2D eigenvalue weighted by molar-refractivity contribution is 6.68. The first-order valence-electron chi connectivity index (χ1n) is 5.33. The van der Waals surface area contributed by atoms with Crippen LogP contribution in [0.25, 0.3) is 0 Å². The average Bonchev–Trinajstić information content (AvgIpc) is 2.35. The first-order chi connectivity index (χ1) is 8.25. The van der Waals surface area contributed by atoms with E-state index in [1.54, 1.807) is 12.1 Å². The van der Waals surface area contributed by atoms with E-state index in [0.717, 1.165) is 22.6 Å². The molecule has 2 nitrogen and oxygen atoms in total. The molecule has 2 aromatic rings. The van der Waals surface area contributed by atoms with Gasteiger partial charge in [-0.25, -0.2) is 0 Å². The molecule has 0 saturated carbocycles. The first-order valence-corrected chi connectivity index (χ1v) is 5.71. The van der Waals surface area contributed by atoms with Gasteiger partial charge in [-0.15, -0.1) is 0 Å². The zero-order valence-corrected chi connectivity index (χ0v) is 9.70. The molecule has 0 amide bonds. The molecule has 1 heterocycles. The summed E-state index contributed by atoms with van der Waals surface area (Å²) in [6, 6.07) is 13.2. The Balaban J connectivity index is 2.15. The topological polar surface area (TPSA) is 26.3 Å². The SMILES string of the molecule is O=C(Cl)c1cccc2c1Cc1ccccc1O2. The number of para-hydroxylation sites is 1. The van der Waals surface area contributed by atoms with Gasteiger partial charge < -0.3 is 4.74 Å². The van der Waals surface area contributed by atoms with Gasteiger partial charge in [0.2, 0.25) is 0 Å². The van der Waals surface area contributed by atoms with Crippen molar-refractivity contribution in [3.63, 3.8) is 0 Å². The molecule has 2 aromatic carbocycles. The summed E-state index contributed by atoms with van der Waals surface area (Å²) in [5, 5.41) is -0.440. The van der Waals surface area contributed by atoms with Crippen molar-refractivity contribution in [2.45, 2.75) is 6.42 Å². The Morgan fingerprint density at radius 2 is 1.82 bits per heavy atom. The van der Waals surface area contributed by atoms with Crippen molar-refractivity contribution in [3.05, 3.63) is 59.2 Å². The highest BCUT2D eigenvalue weighted by Gasteiger charge is 2.21. The zero-order chi connectivity index (χ0) is 11.8. The lowest BCUT2D eigenvalue weighted by atomic mass is 9.96. The van der Waals surface area contributed by atoms with Gasteiger partial charge in [0.05, 0.1) is 0 Å². The van der Waals surface area contributed by atoms with Crippen LogP contribution < -0.4 is 4.74 Å². The molecule has 0 fully saturated rings. The van der Waals surface area contributed by atoms with Gasteiger partial charge in [0.25, 0.3) is 5.24 Å². The smallest absolute Gasteiger partial charge is 0.252 e. The van der Waals surface area contributed by atoms with Crippen molar-refractivity contribution < 1.29 is 9.53 Å². The van der Waals surface area contributed by atoms with Gasteiger partial charge in [-0.1, -0.05) is 24.3 Å². The lowest BCUT2D eigenvalue weighted by Crippen LogP contribution is -2.07. The molecule has 0 radical (unpaired) electrons. The van der Waals surface area contributed by atoms with E-state index in [1.165, 1.54) is 0 Å². The average molecular weight is 245 g/mol. The number of hydrogen-bond donors (Lipinski definition) is 0. The molecular weight excluding hydrogens is 236 g/mol. The van der Waals surface area contributed by atoms with E-state index in [9.17, 15) is 4.79 Å². The Kier molecular flexibility index (Phi) is 2.37. The maximum absolute atomic E-state index is 11.3. The quantitative estimate of drug-likeness (QED) is 0.609. The second kappa shape index (κ2) is 3.90. The molecule has 0 unspecified atom stereocenters. The summed E-state index contributed by atoms with van der Waals surface area (Å²) in [5.74, 6) is 1.56. The van der Waals surface area contributed by atoms with Crippen molar-refractivity contribution in [2.75, 3.05) is 0 Å². The second-order valence-corrected chi connectivity index (χ2v) is 4.29. The van der Waals surface area contributed by atoms with Gasteiger partial charge >= 0.3 is 0 Å². The second-order valence-electron chi connectivity index (χ2n) is 3.94. The highest BCUT2D eigenvalue weighted by atomic mass is 35.5. The predicted molar refractivity (Wildman–Crippen MR) is 65.9 cm³/mol. The van der Waals surface area contributed by atoms with Crippen LogP contribution in [0.4, 0.5) is 0 Å². The summed E-state index contributed by atoms with van der Waals surface area (Å²) in [6.07, 6.45) is 0.681. The summed E-state index contributed by atoms with van der Waals surface area (Å²) >= 11 is 5.57. The van der Waals surface area contributed by atoms with Crippen LogP contribution in [0.2, 0.25) is 0 Å². The summed E-state index contributed by atoms with van der Waals surface area (Å²) < 4.78 is 5.76. The Hall–Kier alpha value is -1.80. The summed E-state index contributed by atoms with van der Waals surface area (Å²) in [7, 11) is 0. The zero-order valence-electron chi connectivity index (χ0n) is 8.94. The van der Waals surface area contributed by atoms with Gasteiger partial charge in [-0.05, 0) is 35.4 Å². The van der Waals surface area contributed by atoms with E-state index >= 15 is 0 Å². The maximum Gasteiger partial charge on any atom is 0.252 e. The van der Waals surface area contributed by atoms with Crippen molar-refractivity contribution in [2.24, 2.45) is 0 Å². The lowest BCUT2D eigenvalue weighted by molar-refractivity contribution is 0.108. The van der Waals surface area contributed by atoms with Gasteiger partial charge in [-0.2, -0.15) is 0 Å². The van der Waals surface area contributed by atoms with Crippen LogP contribution in [0.3, 0.4) is 0 Å². The number of rotatable bonds is 1.